The van der Waals surface area contributed by atoms with Crippen LogP contribution in [0.2, 0.25) is 0 Å². The first kappa shape index (κ1) is 15.0. The Kier molecular flexibility index (Phi) is 2.64. The molecule has 4 bridgehead atoms. The van der Waals surface area contributed by atoms with E-state index in [1.807, 2.05) is 0 Å². The number of nitrogens with zero attached hydrogens (tertiary/aromatic N) is 2. The van der Waals surface area contributed by atoms with E-state index >= 15 is 0 Å². The van der Waals surface area contributed by atoms with Gasteiger partial charge < -0.3 is 9.47 Å². The quantitative estimate of drug-likeness (QED) is 0.532. The number of carbonyl (C=O) groups excluding carboxylic acids is 5. The highest BCUT2D eigenvalue weighted by atomic mass is 16.5. The van der Waals surface area contributed by atoms with E-state index in [1.54, 1.807) is 0 Å². The highest BCUT2D eigenvalue weighted by Gasteiger charge is 2.68. The van der Waals surface area contributed by atoms with Crippen LogP contribution in [0.3, 0.4) is 0 Å². The lowest BCUT2D eigenvalue weighted by atomic mass is 9.81. The highest BCUT2D eigenvalue weighted by molar-refractivity contribution is 6.25. The van der Waals surface area contributed by atoms with Crippen LogP contribution in [0.15, 0.2) is 0 Å². The Bertz CT molecular complexity index is 689. The molecule has 0 radical (unpaired) electrons. The number of urea groups is 1. The van der Waals surface area contributed by atoms with Crippen molar-refractivity contribution in [2.75, 3.05) is 0 Å². The second-order valence-corrected chi connectivity index (χ2v) is 7.99. The van der Waals surface area contributed by atoms with Gasteiger partial charge >= 0.3 is 6.03 Å². The molecule has 6 saturated heterocycles. The zero-order valence-corrected chi connectivity index (χ0v) is 13.7. The van der Waals surface area contributed by atoms with E-state index in [0.717, 1.165) is 0 Å². The number of ether oxygens (including phenoxy) is 2. The summed E-state index contributed by atoms with van der Waals surface area (Å²) in [5.74, 6) is -5.26. The van der Waals surface area contributed by atoms with Crippen molar-refractivity contribution in [3.05, 3.63) is 0 Å². The summed E-state index contributed by atoms with van der Waals surface area (Å²) in [4.78, 5) is 64.8. The van der Waals surface area contributed by atoms with Gasteiger partial charge in [-0.2, -0.15) is 9.80 Å². The van der Waals surface area contributed by atoms with Crippen LogP contribution in [0, 0.1) is 23.7 Å². The van der Waals surface area contributed by atoms with Gasteiger partial charge in [0, 0.05) is 0 Å². The second kappa shape index (κ2) is 4.58. The number of amides is 6. The summed E-state index contributed by atoms with van der Waals surface area (Å²) in [6.45, 7) is 0. The van der Waals surface area contributed by atoms with E-state index in [4.69, 9.17) is 9.47 Å². The van der Waals surface area contributed by atoms with Crippen LogP contribution in [0.4, 0.5) is 4.79 Å². The van der Waals surface area contributed by atoms with Gasteiger partial charge in [0.1, 0.15) is 0 Å². The van der Waals surface area contributed by atoms with Crippen LogP contribution in [0.5, 0.6) is 0 Å². The maximum atomic E-state index is 12.9. The molecule has 6 rings (SSSR count). The summed E-state index contributed by atoms with van der Waals surface area (Å²) in [6.07, 6.45) is 1.30. The van der Waals surface area contributed by atoms with Gasteiger partial charge in [0.05, 0.1) is 48.1 Å². The molecular formula is C17H16N2O7. The van der Waals surface area contributed by atoms with Crippen LogP contribution < -0.4 is 0 Å². The second-order valence-electron chi connectivity index (χ2n) is 7.99. The predicted octanol–water partition coefficient (Wildman–Crippen LogP) is -0.569. The first-order chi connectivity index (χ1) is 12.5. The van der Waals surface area contributed by atoms with Crippen LogP contribution in [0.25, 0.3) is 0 Å². The van der Waals surface area contributed by atoms with Crippen molar-refractivity contribution < 1.29 is 33.4 Å². The maximum Gasteiger partial charge on any atom is 0.347 e. The van der Waals surface area contributed by atoms with Crippen molar-refractivity contribution in [1.29, 1.82) is 0 Å². The summed E-state index contributed by atoms with van der Waals surface area (Å²) in [6, 6.07) is -1.11. The lowest BCUT2D eigenvalue weighted by molar-refractivity contribution is -0.142. The third-order valence-electron chi connectivity index (χ3n) is 6.95. The number of fused-ring (bicyclic) bond motifs is 10. The molecule has 0 aromatic rings. The molecule has 0 aromatic carbocycles. The molecule has 0 N–H and O–H groups in total. The number of likely N-dealkylation sites (tertiary alicyclic amines) is 2. The van der Waals surface area contributed by atoms with Gasteiger partial charge in [0.25, 0.3) is 0 Å². The van der Waals surface area contributed by atoms with Gasteiger partial charge in [0.2, 0.25) is 23.6 Å². The van der Waals surface area contributed by atoms with Gasteiger partial charge in [-0.15, -0.1) is 0 Å². The molecule has 6 fully saturated rings. The van der Waals surface area contributed by atoms with Gasteiger partial charge in [0.15, 0.2) is 0 Å². The Hall–Kier alpha value is -2.13. The van der Waals surface area contributed by atoms with Crippen molar-refractivity contribution in [3.63, 3.8) is 0 Å². The number of imide groups is 6. The molecule has 136 valence electrons. The van der Waals surface area contributed by atoms with Crippen molar-refractivity contribution >= 4 is 29.7 Å². The average molecular weight is 360 g/mol. The number of rotatable bonds is 0. The van der Waals surface area contributed by atoms with E-state index in [0.29, 0.717) is 35.5 Å². The zero-order valence-electron chi connectivity index (χ0n) is 13.7. The molecule has 0 aromatic heterocycles. The van der Waals surface area contributed by atoms with Gasteiger partial charge in [-0.1, -0.05) is 0 Å². The third-order valence-corrected chi connectivity index (χ3v) is 6.95. The van der Waals surface area contributed by atoms with Crippen LogP contribution >= 0.6 is 0 Å². The molecule has 6 aliphatic rings. The smallest absolute Gasteiger partial charge is 0.347 e. The fourth-order valence-electron chi connectivity index (χ4n) is 5.90. The Labute approximate surface area is 147 Å². The van der Waals surface area contributed by atoms with Gasteiger partial charge in [-0.3, -0.25) is 19.2 Å². The maximum absolute atomic E-state index is 12.9. The van der Waals surface area contributed by atoms with Crippen molar-refractivity contribution in [1.82, 2.24) is 9.80 Å². The Balaban J connectivity index is 1.33. The summed E-state index contributed by atoms with van der Waals surface area (Å²) in [5, 5.41) is 0. The average Bonchev–Trinajstić information content (AvgIpc) is 3.41. The monoisotopic (exact) mass is 360 g/mol. The fourth-order valence-corrected chi connectivity index (χ4v) is 5.90. The normalized spacial score (nSPS) is 48.2. The topological polar surface area (TPSA) is 110 Å². The number of hydrogen-bond acceptors (Lipinski definition) is 7. The Morgan fingerprint density at radius 2 is 0.885 bits per heavy atom. The minimum absolute atomic E-state index is 0.354. The summed E-state index contributed by atoms with van der Waals surface area (Å²) in [5.41, 5.74) is 0. The standard InChI is InChI=1S/C17H16N2O7/c20-13-9-5-1-2-6(25-5)10(9)14(21)18(13)17(24)19-15(22)11-7-3-4-8(26-7)12(11)16(19)23/h5-12H,1-4H2/t5-,6-,7-,8+,9-,10+,11+,12+/m0/s1. The fraction of sp³-hybridized carbons (Fsp3) is 0.706. The predicted molar refractivity (Wildman–Crippen MR) is 78.9 cm³/mol. The molecule has 0 saturated carbocycles. The Morgan fingerprint density at radius 3 is 1.15 bits per heavy atom. The Morgan fingerprint density at radius 1 is 0.615 bits per heavy atom. The SMILES string of the molecule is O=C1[C@@H]2[C@H](C(=O)N1C(=O)N1C(=O)[C@H]3[C@H](C1=O)[C@H]1CC[C@@H]3O1)[C@@H]1CC[C@@H]2O1. The summed E-state index contributed by atoms with van der Waals surface area (Å²) < 4.78 is 11.3. The first-order valence-electron chi connectivity index (χ1n) is 9.09. The highest BCUT2D eigenvalue weighted by Crippen LogP contribution is 2.51. The van der Waals surface area contributed by atoms with E-state index < -0.39 is 53.3 Å². The molecule has 0 unspecified atom stereocenters. The molecule has 6 amide bonds. The minimum Gasteiger partial charge on any atom is -0.373 e. The molecule has 6 heterocycles. The summed E-state index contributed by atoms with van der Waals surface area (Å²) in [7, 11) is 0. The largest absolute Gasteiger partial charge is 0.373 e. The number of hydrogen-bond donors (Lipinski definition) is 0. The lowest BCUT2D eigenvalue weighted by Crippen LogP contribution is -2.51. The molecule has 9 nitrogen and oxygen atoms in total. The van der Waals surface area contributed by atoms with Crippen molar-refractivity contribution in [2.24, 2.45) is 23.7 Å². The molecule has 9 heteroatoms. The minimum atomic E-state index is -1.11. The van der Waals surface area contributed by atoms with Crippen molar-refractivity contribution in [2.45, 2.75) is 50.1 Å². The van der Waals surface area contributed by atoms with Gasteiger partial charge in [-0.25, -0.2) is 4.79 Å². The van der Waals surface area contributed by atoms with Crippen LogP contribution in [0.1, 0.15) is 25.7 Å². The molecular weight excluding hydrogens is 344 g/mol. The lowest BCUT2D eigenvalue weighted by Gasteiger charge is -2.21. The molecule has 6 aliphatic heterocycles. The van der Waals surface area contributed by atoms with E-state index in [2.05, 4.69) is 0 Å². The molecule has 8 atom stereocenters. The third kappa shape index (κ3) is 1.49. The summed E-state index contributed by atoms with van der Waals surface area (Å²) >= 11 is 0. The van der Waals surface area contributed by atoms with Crippen molar-refractivity contribution in [3.8, 4) is 0 Å². The first-order valence-corrected chi connectivity index (χ1v) is 9.09. The van der Waals surface area contributed by atoms with Gasteiger partial charge in [-0.05, 0) is 25.7 Å². The van der Waals surface area contributed by atoms with Crippen LogP contribution in [-0.4, -0.2) is 63.9 Å². The van der Waals surface area contributed by atoms with E-state index in [9.17, 15) is 24.0 Å². The van der Waals surface area contributed by atoms with E-state index in [1.165, 1.54) is 0 Å². The molecule has 0 spiro atoms. The van der Waals surface area contributed by atoms with Crippen LogP contribution in [-0.2, 0) is 28.7 Å². The van der Waals surface area contributed by atoms with E-state index in [-0.39, 0.29) is 24.4 Å². The molecule has 0 aliphatic carbocycles. The zero-order chi connectivity index (χ0) is 17.9. The molecule has 26 heavy (non-hydrogen) atoms. The number of carbonyl (C=O) groups is 5.